The quantitative estimate of drug-likeness (QED) is 0.732. The topological polar surface area (TPSA) is 50.7 Å². The van der Waals surface area contributed by atoms with Crippen LogP contribution in [-0.2, 0) is 13.0 Å². The van der Waals surface area contributed by atoms with Crippen LogP contribution >= 0.6 is 0 Å². The average Bonchev–Trinajstić information content (AvgIpc) is 2.61. The lowest BCUT2D eigenvalue weighted by molar-refractivity contribution is 0.980. The molecule has 0 aliphatic heterocycles. The van der Waals surface area contributed by atoms with Crippen LogP contribution in [-0.4, -0.2) is 22.8 Å². The first-order chi connectivity index (χ1) is 11.2. The molecular weight excluding hydrogens is 283 g/mol. The fourth-order valence-corrected chi connectivity index (χ4v) is 2.28. The van der Waals surface area contributed by atoms with Gasteiger partial charge in [-0.15, -0.1) is 0 Å². The van der Waals surface area contributed by atoms with Crippen molar-refractivity contribution in [3.63, 3.8) is 0 Å². The Morgan fingerprint density at radius 3 is 2.52 bits per heavy atom. The van der Waals surface area contributed by atoms with Crippen LogP contribution in [0, 0.1) is 0 Å². The molecule has 3 rings (SSSR count). The van der Waals surface area contributed by atoms with Gasteiger partial charge in [-0.25, -0.2) is 9.97 Å². The molecule has 23 heavy (non-hydrogen) atoms. The van der Waals surface area contributed by atoms with E-state index in [1.54, 1.807) is 6.20 Å². The minimum Gasteiger partial charge on any atom is -0.364 e. The minimum absolute atomic E-state index is 0.647. The van der Waals surface area contributed by atoms with E-state index in [1.807, 2.05) is 24.3 Å². The molecule has 0 atom stereocenters. The summed E-state index contributed by atoms with van der Waals surface area (Å²) >= 11 is 0. The van der Waals surface area contributed by atoms with Gasteiger partial charge in [0.25, 0.3) is 0 Å². The maximum Gasteiger partial charge on any atom is 0.161 e. The summed E-state index contributed by atoms with van der Waals surface area (Å²) in [7, 11) is 2.08. The van der Waals surface area contributed by atoms with E-state index in [-0.39, 0.29) is 0 Å². The van der Waals surface area contributed by atoms with Crippen molar-refractivity contribution in [2.45, 2.75) is 19.9 Å². The highest BCUT2D eigenvalue weighted by Crippen LogP contribution is 2.18. The molecule has 5 heteroatoms. The van der Waals surface area contributed by atoms with Gasteiger partial charge in [0, 0.05) is 23.5 Å². The molecule has 1 N–H and O–H groups in total. The van der Waals surface area contributed by atoms with Gasteiger partial charge >= 0.3 is 0 Å². The second-order valence-corrected chi connectivity index (χ2v) is 5.46. The number of hydrogen-bond acceptors (Lipinski definition) is 4. The van der Waals surface area contributed by atoms with E-state index in [0.29, 0.717) is 6.54 Å². The van der Waals surface area contributed by atoms with Gasteiger partial charge in [-0.05, 0) is 18.6 Å². The lowest BCUT2D eigenvalue weighted by Gasteiger charge is -2.09. The third kappa shape index (κ3) is 3.94. The Bertz CT molecular complexity index is 773. The average molecular weight is 302 g/mol. The van der Waals surface area contributed by atoms with Crippen molar-refractivity contribution in [2.75, 3.05) is 5.32 Å². The fourth-order valence-electron chi connectivity index (χ4n) is 2.28. The number of nitrogens with zero attached hydrogens (tertiary/aromatic N) is 3. The molecular formula is C18H19BN4. The van der Waals surface area contributed by atoms with E-state index >= 15 is 0 Å². The van der Waals surface area contributed by atoms with Crippen LogP contribution in [0.3, 0.4) is 0 Å². The second kappa shape index (κ2) is 7.05. The first-order valence-corrected chi connectivity index (χ1v) is 7.83. The van der Waals surface area contributed by atoms with Crippen molar-refractivity contribution in [3.05, 3.63) is 66.1 Å². The molecule has 0 aliphatic rings. The molecule has 0 spiro atoms. The SMILES string of the molecule is Bc1ccc(-c2nc(CC)cc(NCc3ccccn3)n2)cc1. The zero-order chi connectivity index (χ0) is 16.1. The Morgan fingerprint density at radius 1 is 1.00 bits per heavy atom. The molecule has 0 saturated heterocycles. The number of benzene rings is 1. The van der Waals surface area contributed by atoms with Crippen molar-refractivity contribution < 1.29 is 0 Å². The van der Waals surface area contributed by atoms with E-state index in [1.165, 1.54) is 5.46 Å². The number of pyridine rings is 1. The Hall–Kier alpha value is -2.69. The Kier molecular flexibility index (Phi) is 4.67. The van der Waals surface area contributed by atoms with Gasteiger partial charge in [-0.3, -0.25) is 4.98 Å². The van der Waals surface area contributed by atoms with E-state index < -0.39 is 0 Å². The van der Waals surface area contributed by atoms with Crippen molar-refractivity contribution in [1.29, 1.82) is 0 Å². The van der Waals surface area contributed by atoms with E-state index in [0.717, 1.165) is 35.0 Å². The van der Waals surface area contributed by atoms with Crippen LogP contribution in [0.15, 0.2) is 54.7 Å². The highest BCUT2D eigenvalue weighted by molar-refractivity contribution is 6.32. The number of rotatable bonds is 5. The van der Waals surface area contributed by atoms with Gasteiger partial charge in [0.1, 0.15) is 13.7 Å². The van der Waals surface area contributed by atoms with Crippen LogP contribution in [0.1, 0.15) is 18.3 Å². The molecule has 4 nitrogen and oxygen atoms in total. The number of hydrogen-bond donors (Lipinski definition) is 1. The number of aromatic nitrogens is 3. The Labute approximate surface area is 137 Å². The predicted molar refractivity (Wildman–Crippen MR) is 96.6 cm³/mol. The predicted octanol–water partition coefficient (Wildman–Crippen LogP) is 1.97. The summed E-state index contributed by atoms with van der Waals surface area (Å²) in [6, 6.07) is 16.2. The third-order valence-corrected chi connectivity index (χ3v) is 3.63. The van der Waals surface area contributed by atoms with Gasteiger partial charge in [-0.2, -0.15) is 0 Å². The van der Waals surface area contributed by atoms with Crippen LogP contribution < -0.4 is 10.8 Å². The van der Waals surface area contributed by atoms with Gasteiger partial charge in [0.05, 0.1) is 12.2 Å². The maximum atomic E-state index is 4.65. The molecule has 114 valence electrons. The first-order valence-electron chi connectivity index (χ1n) is 7.83. The minimum atomic E-state index is 0.647. The van der Waals surface area contributed by atoms with Crippen molar-refractivity contribution >= 4 is 19.1 Å². The molecule has 0 aliphatic carbocycles. The summed E-state index contributed by atoms with van der Waals surface area (Å²) in [6.45, 7) is 2.75. The summed E-state index contributed by atoms with van der Waals surface area (Å²) in [4.78, 5) is 13.6. The number of nitrogens with one attached hydrogen (secondary N) is 1. The van der Waals surface area contributed by atoms with Crippen LogP contribution in [0.2, 0.25) is 0 Å². The second-order valence-electron chi connectivity index (χ2n) is 5.46. The molecule has 2 heterocycles. The first kappa shape index (κ1) is 15.2. The summed E-state index contributed by atoms with van der Waals surface area (Å²) in [5.41, 5.74) is 4.28. The summed E-state index contributed by atoms with van der Waals surface area (Å²) in [6.07, 6.45) is 2.67. The van der Waals surface area contributed by atoms with Crippen LogP contribution in [0.25, 0.3) is 11.4 Å². The van der Waals surface area contributed by atoms with E-state index in [4.69, 9.17) is 0 Å². The van der Waals surface area contributed by atoms with E-state index in [2.05, 4.69) is 59.3 Å². The van der Waals surface area contributed by atoms with E-state index in [9.17, 15) is 0 Å². The molecule has 2 aromatic heterocycles. The number of aryl methyl sites for hydroxylation is 1. The highest BCUT2D eigenvalue weighted by Gasteiger charge is 2.06. The Morgan fingerprint density at radius 2 is 1.83 bits per heavy atom. The largest absolute Gasteiger partial charge is 0.364 e. The van der Waals surface area contributed by atoms with Crippen molar-refractivity contribution in [2.24, 2.45) is 0 Å². The molecule has 3 aromatic rings. The smallest absolute Gasteiger partial charge is 0.161 e. The van der Waals surface area contributed by atoms with Gasteiger partial charge in [-0.1, -0.05) is 42.7 Å². The zero-order valence-corrected chi connectivity index (χ0v) is 13.5. The van der Waals surface area contributed by atoms with Crippen LogP contribution in [0.4, 0.5) is 5.82 Å². The number of anilines is 1. The molecule has 0 bridgehead atoms. The lowest BCUT2D eigenvalue weighted by Crippen LogP contribution is -2.06. The maximum absolute atomic E-state index is 4.65. The molecule has 0 saturated carbocycles. The molecule has 0 radical (unpaired) electrons. The molecule has 0 amide bonds. The monoisotopic (exact) mass is 302 g/mol. The van der Waals surface area contributed by atoms with Gasteiger partial charge in [0.15, 0.2) is 5.82 Å². The van der Waals surface area contributed by atoms with Crippen LogP contribution in [0.5, 0.6) is 0 Å². The Balaban J connectivity index is 1.85. The molecule has 0 fully saturated rings. The molecule has 1 aromatic carbocycles. The standard InChI is InChI=1S/C18H19BN4/c1-2-15-11-17(21-12-16-5-3-4-10-20-16)23-18(22-15)13-6-8-14(19)9-7-13/h3-11H,2,12,19H2,1H3,(H,21,22,23). The zero-order valence-electron chi connectivity index (χ0n) is 13.5. The summed E-state index contributed by atoms with van der Waals surface area (Å²) in [5.74, 6) is 1.59. The van der Waals surface area contributed by atoms with Gasteiger partial charge in [0.2, 0.25) is 0 Å². The van der Waals surface area contributed by atoms with Crippen molar-refractivity contribution in [3.8, 4) is 11.4 Å². The highest BCUT2D eigenvalue weighted by atomic mass is 15.0. The van der Waals surface area contributed by atoms with Gasteiger partial charge < -0.3 is 5.32 Å². The summed E-state index contributed by atoms with van der Waals surface area (Å²) < 4.78 is 0. The third-order valence-electron chi connectivity index (χ3n) is 3.63. The molecule has 0 unspecified atom stereocenters. The normalized spacial score (nSPS) is 10.5. The van der Waals surface area contributed by atoms with Crippen molar-refractivity contribution in [1.82, 2.24) is 15.0 Å². The summed E-state index contributed by atoms with van der Waals surface area (Å²) in [5, 5.41) is 3.34. The lowest BCUT2D eigenvalue weighted by atomic mass is 9.95. The fraction of sp³-hybridized carbons (Fsp3) is 0.167.